The molecule has 0 amide bonds. The number of halogens is 3. The van der Waals surface area contributed by atoms with Crippen LogP contribution in [0.4, 0.5) is 18.3 Å². The zero-order chi connectivity index (χ0) is 12.6. The molecule has 1 saturated heterocycles. The summed E-state index contributed by atoms with van der Waals surface area (Å²) >= 11 is 1.08. The van der Waals surface area contributed by atoms with Gasteiger partial charge in [0.15, 0.2) is 10.8 Å². The molecule has 0 bridgehead atoms. The molecule has 1 aliphatic rings. The Hall–Kier alpha value is -0.780. The van der Waals surface area contributed by atoms with Crippen LogP contribution in [0.25, 0.3) is 0 Å². The fraction of sp³-hybridized carbons (Fsp3) is 0.727. The van der Waals surface area contributed by atoms with Gasteiger partial charge in [-0.3, -0.25) is 0 Å². The number of thiazole rings is 1. The Morgan fingerprint density at radius 2 is 1.88 bits per heavy atom. The van der Waals surface area contributed by atoms with Crippen molar-refractivity contribution in [2.45, 2.75) is 26.4 Å². The van der Waals surface area contributed by atoms with Crippen LogP contribution in [-0.4, -0.2) is 18.1 Å². The summed E-state index contributed by atoms with van der Waals surface area (Å²) in [6.45, 7) is 5.85. The Kier molecular flexibility index (Phi) is 3.34. The zero-order valence-electron chi connectivity index (χ0n) is 9.79. The normalized spacial score (nSPS) is 26.3. The van der Waals surface area contributed by atoms with Gasteiger partial charge in [0.1, 0.15) is 0 Å². The summed E-state index contributed by atoms with van der Waals surface area (Å²) in [5.74, 6) is 1.02. The average molecular weight is 264 g/mol. The maximum absolute atomic E-state index is 12.4. The van der Waals surface area contributed by atoms with Gasteiger partial charge in [0, 0.05) is 18.5 Å². The second-order valence-electron chi connectivity index (χ2n) is 4.86. The van der Waals surface area contributed by atoms with Crippen LogP contribution >= 0.6 is 11.3 Å². The molecule has 1 aliphatic heterocycles. The topological polar surface area (TPSA) is 16.1 Å². The smallest absolute Gasteiger partial charge is 0.348 e. The molecule has 96 valence electrons. The van der Waals surface area contributed by atoms with E-state index in [9.17, 15) is 13.2 Å². The fourth-order valence-corrected chi connectivity index (χ4v) is 3.21. The van der Waals surface area contributed by atoms with Crippen molar-refractivity contribution >= 4 is 16.5 Å². The van der Waals surface area contributed by atoms with Crippen molar-refractivity contribution in [1.29, 1.82) is 0 Å². The summed E-state index contributed by atoms with van der Waals surface area (Å²) in [7, 11) is 0. The number of aromatic nitrogens is 1. The second-order valence-corrected chi connectivity index (χ2v) is 5.70. The van der Waals surface area contributed by atoms with Gasteiger partial charge in [0.2, 0.25) is 0 Å². The van der Waals surface area contributed by atoms with Gasteiger partial charge in [-0.05, 0) is 18.3 Å². The molecular weight excluding hydrogens is 249 g/mol. The van der Waals surface area contributed by atoms with Gasteiger partial charge in [-0.2, -0.15) is 13.2 Å². The third-order valence-electron chi connectivity index (χ3n) is 2.92. The van der Waals surface area contributed by atoms with Gasteiger partial charge in [-0.25, -0.2) is 4.98 Å². The number of hydrogen-bond donors (Lipinski definition) is 0. The monoisotopic (exact) mass is 264 g/mol. The molecule has 6 heteroatoms. The molecule has 1 aromatic heterocycles. The highest BCUT2D eigenvalue weighted by Gasteiger charge is 2.35. The highest BCUT2D eigenvalue weighted by Crippen LogP contribution is 2.34. The van der Waals surface area contributed by atoms with Crippen LogP contribution in [0.5, 0.6) is 0 Å². The van der Waals surface area contributed by atoms with E-state index in [1.54, 1.807) is 0 Å². The lowest BCUT2D eigenvalue weighted by Gasteiger charge is -2.34. The maximum atomic E-state index is 12.4. The lowest BCUT2D eigenvalue weighted by Crippen LogP contribution is -2.38. The Bertz CT molecular complexity index is 378. The molecule has 2 nitrogen and oxygen atoms in total. The summed E-state index contributed by atoms with van der Waals surface area (Å²) in [4.78, 5) is 5.66. The molecule has 2 heterocycles. The molecule has 0 N–H and O–H groups in total. The molecule has 2 atom stereocenters. The standard InChI is InChI=1S/C11H15F3N2S/c1-7-3-8(2)5-16(4-7)10-15-9(6-17-10)11(12,13)14/h6-8H,3-5H2,1-2H3. The molecular formula is C11H15F3N2S. The Balaban J connectivity index is 2.14. The highest BCUT2D eigenvalue weighted by atomic mass is 32.1. The summed E-state index contributed by atoms with van der Waals surface area (Å²) in [6.07, 6.45) is -3.20. The van der Waals surface area contributed by atoms with Crippen LogP contribution in [0.1, 0.15) is 26.0 Å². The minimum atomic E-state index is -4.33. The number of nitrogens with zero attached hydrogens (tertiary/aromatic N) is 2. The number of rotatable bonds is 1. The third kappa shape index (κ3) is 2.91. The molecule has 2 unspecified atom stereocenters. The minimum Gasteiger partial charge on any atom is -0.348 e. The molecule has 17 heavy (non-hydrogen) atoms. The molecule has 0 aromatic carbocycles. The Labute approximate surface area is 102 Å². The first kappa shape index (κ1) is 12.7. The number of piperidine rings is 1. The first-order valence-electron chi connectivity index (χ1n) is 5.64. The van der Waals surface area contributed by atoms with Crippen LogP contribution in [0.15, 0.2) is 5.38 Å². The van der Waals surface area contributed by atoms with Crippen molar-refractivity contribution in [2.75, 3.05) is 18.0 Å². The van der Waals surface area contributed by atoms with Gasteiger partial charge in [0.25, 0.3) is 0 Å². The van der Waals surface area contributed by atoms with Gasteiger partial charge >= 0.3 is 6.18 Å². The quantitative estimate of drug-likeness (QED) is 0.769. The first-order chi connectivity index (χ1) is 7.86. The van der Waals surface area contributed by atoms with Crippen molar-refractivity contribution in [3.63, 3.8) is 0 Å². The largest absolute Gasteiger partial charge is 0.434 e. The van der Waals surface area contributed by atoms with E-state index in [0.29, 0.717) is 17.0 Å². The van der Waals surface area contributed by atoms with Gasteiger partial charge < -0.3 is 4.90 Å². The summed E-state index contributed by atoms with van der Waals surface area (Å²) < 4.78 is 37.3. The molecule has 2 rings (SSSR count). The van der Waals surface area contributed by atoms with Gasteiger partial charge in [0.05, 0.1) is 0 Å². The predicted octanol–water partition coefficient (Wildman–Crippen LogP) is 3.64. The number of alkyl halides is 3. The summed E-state index contributed by atoms with van der Waals surface area (Å²) in [5, 5.41) is 1.59. The fourth-order valence-electron chi connectivity index (χ4n) is 2.36. The number of anilines is 1. The van der Waals surface area contributed by atoms with E-state index in [2.05, 4.69) is 18.8 Å². The zero-order valence-corrected chi connectivity index (χ0v) is 10.6. The SMILES string of the molecule is CC1CC(C)CN(c2nc(C(F)(F)F)cs2)C1. The van der Waals surface area contributed by atoms with E-state index in [-0.39, 0.29) is 0 Å². The lowest BCUT2D eigenvalue weighted by molar-refractivity contribution is -0.140. The number of hydrogen-bond acceptors (Lipinski definition) is 3. The third-order valence-corrected chi connectivity index (χ3v) is 3.82. The predicted molar refractivity (Wildman–Crippen MR) is 62.3 cm³/mol. The van der Waals surface area contributed by atoms with Crippen LogP contribution in [0.2, 0.25) is 0 Å². The van der Waals surface area contributed by atoms with Crippen molar-refractivity contribution in [3.8, 4) is 0 Å². The molecule has 0 radical (unpaired) electrons. The van der Waals surface area contributed by atoms with E-state index in [4.69, 9.17) is 0 Å². The molecule has 0 spiro atoms. The van der Waals surface area contributed by atoms with Crippen molar-refractivity contribution in [2.24, 2.45) is 11.8 Å². The summed E-state index contributed by atoms with van der Waals surface area (Å²) in [5.41, 5.74) is -0.775. The Morgan fingerprint density at radius 3 is 2.35 bits per heavy atom. The van der Waals surface area contributed by atoms with Gasteiger partial charge in [-0.15, -0.1) is 11.3 Å². The van der Waals surface area contributed by atoms with E-state index in [1.807, 2.05) is 4.90 Å². The van der Waals surface area contributed by atoms with Gasteiger partial charge in [-0.1, -0.05) is 13.8 Å². The molecule has 1 aromatic rings. The van der Waals surface area contributed by atoms with E-state index < -0.39 is 11.9 Å². The summed E-state index contributed by atoms with van der Waals surface area (Å²) in [6, 6.07) is 0. The lowest BCUT2D eigenvalue weighted by atomic mass is 9.92. The van der Waals surface area contributed by atoms with Crippen molar-refractivity contribution < 1.29 is 13.2 Å². The van der Waals surface area contributed by atoms with E-state index in [0.717, 1.165) is 36.2 Å². The van der Waals surface area contributed by atoms with Crippen LogP contribution in [-0.2, 0) is 6.18 Å². The van der Waals surface area contributed by atoms with Crippen molar-refractivity contribution in [1.82, 2.24) is 4.98 Å². The van der Waals surface area contributed by atoms with Crippen molar-refractivity contribution in [3.05, 3.63) is 11.1 Å². The highest BCUT2D eigenvalue weighted by molar-refractivity contribution is 7.13. The first-order valence-corrected chi connectivity index (χ1v) is 6.52. The molecule has 0 saturated carbocycles. The van der Waals surface area contributed by atoms with Crippen LogP contribution in [0, 0.1) is 11.8 Å². The Morgan fingerprint density at radius 1 is 1.29 bits per heavy atom. The molecule has 1 fully saturated rings. The van der Waals surface area contributed by atoms with E-state index in [1.165, 1.54) is 0 Å². The second kappa shape index (κ2) is 4.48. The maximum Gasteiger partial charge on any atom is 0.434 e. The van der Waals surface area contributed by atoms with Crippen LogP contribution < -0.4 is 4.90 Å². The minimum absolute atomic E-state index is 0.496. The van der Waals surface area contributed by atoms with E-state index >= 15 is 0 Å². The molecule has 0 aliphatic carbocycles. The van der Waals surface area contributed by atoms with Crippen LogP contribution in [0.3, 0.4) is 0 Å². The average Bonchev–Trinajstić information content (AvgIpc) is 2.63.